The Morgan fingerprint density at radius 2 is 1.90 bits per heavy atom. The van der Waals surface area contributed by atoms with Crippen LogP contribution in [0.2, 0.25) is 0 Å². The Hall–Kier alpha value is -2.65. The maximum atomic E-state index is 12.7. The van der Waals surface area contributed by atoms with Crippen LogP contribution in [0.15, 0.2) is 0 Å². The van der Waals surface area contributed by atoms with E-state index in [0.29, 0.717) is 45.1 Å². The Bertz CT molecular complexity index is 702. The molecule has 3 atom stereocenters. The van der Waals surface area contributed by atoms with E-state index in [0.717, 1.165) is 0 Å². The number of nitrogens with one attached hydrogen (secondary N) is 3. The number of aldehydes is 1. The fourth-order valence-corrected chi connectivity index (χ4v) is 4.39. The van der Waals surface area contributed by atoms with Crippen LogP contribution in [0.3, 0.4) is 0 Å². The normalized spacial score (nSPS) is 21.9. The minimum Gasteiger partial charge on any atom is -0.453 e. The van der Waals surface area contributed by atoms with Gasteiger partial charge in [-0.25, -0.2) is 4.79 Å². The van der Waals surface area contributed by atoms with Crippen LogP contribution in [-0.4, -0.2) is 72.8 Å². The minimum absolute atomic E-state index is 0.0240. The predicted molar refractivity (Wildman–Crippen MR) is 112 cm³/mol. The molecule has 10 heteroatoms. The Morgan fingerprint density at radius 1 is 1.26 bits per heavy atom. The number of hydrogen-bond donors (Lipinski definition) is 3. The van der Waals surface area contributed by atoms with Crippen molar-refractivity contribution in [1.29, 1.82) is 0 Å². The van der Waals surface area contributed by atoms with Gasteiger partial charge < -0.3 is 30.4 Å². The zero-order valence-electron chi connectivity index (χ0n) is 18.7. The van der Waals surface area contributed by atoms with Gasteiger partial charge in [0.1, 0.15) is 12.3 Å². The Balaban J connectivity index is 1.96. The first-order valence-corrected chi connectivity index (χ1v) is 10.8. The van der Waals surface area contributed by atoms with Crippen molar-refractivity contribution < 1.29 is 28.7 Å². The van der Waals surface area contributed by atoms with Crippen molar-refractivity contribution in [2.24, 2.45) is 11.8 Å². The predicted octanol–water partition coefficient (Wildman–Crippen LogP) is 0.348. The third kappa shape index (κ3) is 6.67. The molecule has 0 bridgehead atoms. The van der Waals surface area contributed by atoms with E-state index in [9.17, 15) is 24.0 Å². The smallest absolute Gasteiger partial charge is 0.407 e. The van der Waals surface area contributed by atoms with Gasteiger partial charge in [0.05, 0.1) is 13.2 Å². The summed E-state index contributed by atoms with van der Waals surface area (Å²) in [7, 11) is 1.21. The summed E-state index contributed by atoms with van der Waals surface area (Å²) in [5.74, 6) is -0.876. The van der Waals surface area contributed by atoms with Gasteiger partial charge >= 0.3 is 6.09 Å². The van der Waals surface area contributed by atoms with Crippen molar-refractivity contribution in [3.05, 3.63) is 0 Å². The summed E-state index contributed by atoms with van der Waals surface area (Å²) in [6.45, 7) is 6.54. The van der Waals surface area contributed by atoms with Crippen LogP contribution < -0.4 is 16.0 Å². The Morgan fingerprint density at radius 3 is 2.42 bits per heavy atom. The zero-order chi connectivity index (χ0) is 23.2. The second-order valence-corrected chi connectivity index (χ2v) is 8.98. The molecule has 1 spiro atoms. The summed E-state index contributed by atoms with van der Waals surface area (Å²) in [6.07, 6.45) is 2.38. The number of carbonyl (C=O) groups excluding carboxylic acids is 5. The first kappa shape index (κ1) is 24.6. The van der Waals surface area contributed by atoms with E-state index in [1.165, 1.54) is 14.0 Å². The van der Waals surface area contributed by atoms with Crippen molar-refractivity contribution in [2.75, 3.05) is 20.2 Å². The van der Waals surface area contributed by atoms with Gasteiger partial charge in [-0.05, 0) is 38.0 Å². The molecule has 0 aromatic carbocycles. The molecule has 2 saturated heterocycles. The van der Waals surface area contributed by atoms with Gasteiger partial charge in [-0.15, -0.1) is 0 Å². The van der Waals surface area contributed by atoms with Crippen molar-refractivity contribution in [2.45, 2.75) is 70.5 Å². The SMILES string of the molecule is COC(=O)N[C@@H](CC(C)C)C(=O)NC(C=O)CC1CC2(CCN(C(C)=O)CC2)NC1=O. The zero-order valence-corrected chi connectivity index (χ0v) is 18.7. The molecule has 0 radical (unpaired) electrons. The largest absolute Gasteiger partial charge is 0.453 e. The van der Waals surface area contributed by atoms with E-state index in [1.54, 1.807) is 4.90 Å². The molecule has 2 unspecified atom stereocenters. The maximum absolute atomic E-state index is 12.7. The van der Waals surface area contributed by atoms with Gasteiger partial charge in [-0.1, -0.05) is 13.8 Å². The molecular weight excluding hydrogens is 404 g/mol. The highest BCUT2D eigenvalue weighted by atomic mass is 16.5. The van der Waals surface area contributed by atoms with Crippen LogP contribution in [0.1, 0.15) is 52.9 Å². The lowest BCUT2D eigenvalue weighted by atomic mass is 9.82. The van der Waals surface area contributed by atoms with E-state index in [1.807, 2.05) is 13.8 Å². The molecule has 10 nitrogen and oxygen atoms in total. The standard InChI is InChI=1S/C21H34N4O6/c1-13(2)9-17(23-20(30)31-4)19(29)22-16(12-26)10-15-11-21(24-18(15)28)5-7-25(8-6-21)14(3)27/h12-13,15-17H,5-11H2,1-4H3,(H,22,29)(H,23,30)(H,24,28)/t15?,16?,17-/m0/s1. The maximum Gasteiger partial charge on any atom is 0.407 e. The fourth-order valence-electron chi connectivity index (χ4n) is 4.39. The fraction of sp³-hybridized carbons (Fsp3) is 0.762. The minimum atomic E-state index is -0.843. The van der Waals surface area contributed by atoms with Crippen molar-refractivity contribution in [1.82, 2.24) is 20.9 Å². The van der Waals surface area contributed by atoms with E-state index >= 15 is 0 Å². The highest BCUT2D eigenvalue weighted by Gasteiger charge is 2.46. The number of rotatable bonds is 8. The molecular formula is C21H34N4O6. The second kappa shape index (κ2) is 10.6. The number of hydrogen-bond acceptors (Lipinski definition) is 6. The summed E-state index contributed by atoms with van der Waals surface area (Å²) < 4.78 is 4.57. The van der Waals surface area contributed by atoms with Crippen molar-refractivity contribution in [3.63, 3.8) is 0 Å². The number of nitrogens with zero attached hydrogens (tertiary/aromatic N) is 1. The molecule has 2 aliphatic rings. The molecule has 2 rings (SSSR count). The third-order valence-corrected chi connectivity index (χ3v) is 6.09. The summed E-state index contributed by atoms with van der Waals surface area (Å²) in [5.41, 5.74) is -0.363. The number of amides is 4. The molecule has 0 saturated carbocycles. The molecule has 4 amide bonds. The highest BCUT2D eigenvalue weighted by Crippen LogP contribution is 2.36. The molecule has 0 aliphatic carbocycles. The lowest BCUT2D eigenvalue weighted by molar-refractivity contribution is -0.130. The lowest BCUT2D eigenvalue weighted by Crippen LogP contribution is -2.51. The van der Waals surface area contributed by atoms with E-state index in [4.69, 9.17) is 0 Å². The Labute approximate surface area is 182 Å². The summed E-state index contributed by atoms with van der Waals surface area (Å²) in [5, 5.41) is 8.21. The topological polar surface area (TPSA) is 134 Å². The number of likely N-dealkylation sites (tertiary alicyclic amines) is 1. The van der Waals surface area contributed by atoms with Crippen LogP contribution in [0, 0.1) is 11.8 Å². The monoisotopic (exact) mass is 438 g/mol. The van der Waals surface area contributed by atoms with Crippen molar-refractivity contribution in [3.8, 4) is 0 Å². The average molecular weight is 439 g/mol. The van der Waals surface area contributed by atoms with Crippen LogP contribution >= 0.6 is 0 Å². The molecule has 31 heavy (non-hydrogen) atoms. The van der Waals surface area contributed by atoms with Crippen LogP contribution in [0.4, 0.5) is 4.79 Å². The van der Waals surface area contributed by atoms with Crippen LogP contribution in [0.25, 0.3) is 0 Å². The van der Waals surface area contributed by atoms with Gasteiger partial charge in [-0.3, -0.25) is 14.4 Å². The van der Waals surface area contributed by atoms with Gasteiger partial charge in [0.15, 0.2) is 0 Å². The molecule has 0 aromatic rings. The molecule has 2 aliphatic heterocycles. The van der Waals surface area contributed by atoms with E-state index in [-0.39, 0.29) is 29.7 Å². The highest BCUT2D eigenvalue weighted by molar-refractivity contribution is 5.88. The lowest BCUT2D eigenvalue weighted by Gasteiger charge is -2.39. The van der Waals surface area contributed by atoms with Crippen molar-refractivity contribution >= 4 is 30.1 Å². The summed E-state index contributed by atoms with van der Waals surface area (Å²) in [4.78, 5) is 61.8. The second-order valence-electron chi connectivity index (χ2n) is 8.98. The summed E-state index contributed by atoms with van der Waals surface area (Å²) in [6, 6.07) is -1.68. The van der Waals surface area contributed by atoms with E-state index < -0.39 is 30.0 Å². The molecule has 0 aromatic heterocycles. The number of ether oxygens (including phenoxy) is 1. The summed E-state index contributed by atoms with van der Waals surface area (Å²) >= 11 is 0. The third-order valence-electron chi connectivity index (χ3n) is 6.09. The van der Waals surface area contributed by atoms with Crippen LogP contribution in [-0.2, 0) is 23.9 Å². The van der Waals surface area contributed by atoms with Gasteiger partial charge in [0.2, 0.25) is 17.7 Å². The molecule has 174 valence electrons. The number of methoxy groups -OCH3 is 1. The molecule has 2 fully saturated rings. The average Bonchev–Trinajstić information content (AvgIpc) is 3.00. The first-order chi connectivity index (χ1) is 14.6. The first-order valence-electron chi connectivity index (χ1n) is 10.8. The van der Waals surface area contributed by atoms with Gasteiger partial charge in [0, 0.05) is 31.5 Å². The number of piperidine rings is 1. The number of alkyl carbamates (subject to hydrolysis) is 1. The van der Waals surface area contributed by atoms with Crippen LogP contribution in [0.5, 0.6) is 0 Å². The Kier molecular flexibility index (Phi) is 8.41. The van der Waals surface area contributed by atoms with E-state index in [2.05, 4.69) is 20.7 Å². The van der Waals surface area contributed by atoms with Gasteiger partial charge in [-0.2, -0.15) is 0 Å². The molecule has 2 heterocycles. The van der Waals surface area contributed by atoms with Gasteiger partial charge in [0.25, 0.3) is 0 Å². The quantitative estimate of drug-likeness (QED) is 0.468. The molecule has 3 N–H and O–H groups in total. The number of carbonyl (C=O) groups is 5.